The number of aryl methyl sites for hydroxylation is 1. The van der Waals surface area contributed by atoms with E-state index in [4.69, 9.17) is 0 Å². The van der Waals surface area contributed by atoms with Gasteiger partial charge in [-0.05, 0) is 36.8 Å². The minimum absolute atomic E-state index is 0.0341. The fourth-order valence-electron chi connectivity index (χ4n) is 1.43. The third-order valence-electron chi connectivity index (χ3n) is 2.50. The molecule has 19 heavy (non-hydrogen) atoms. The Kier molecular flexibility index (Phi) is 3.50. The summed E-state index contributed by atoms with van der Waals surface area (Å²) in [6.07, 6.45) is 0. The van der Waals surface area contributed by atoms with Gasteiger partial charge in [-0.1, -0.05) is 6.07 Å². The minimum atomic E-state index is -1.14. The summed E-state index contributed by atoms with van der Waals surface area (Å²) in [4.78, 5) is 14.7. The number of carbonyl (C=O) groups excluding carboxylic acids is 1. The molecular formula is C13H9F3N2O. The number of hydrogen-bond acceptors (Lipinski definition) is 2. The van der Waals surface area contributed by atoms with Gasteiger partial charge >= 0.3 is 0 Å². The number of nitrogens with zero attached hydrogens (tertiary/aromatic N) is 1. The fourth-order valence-corrected chi connectivity index (χ4v) is 1.43. The molecule has 2 aromatic rings. The van der Waals surface area contributed by atoms with E-state index in [1.807, 2.05) is 0 Å². The molecule has 1 aromatic heterocycles. The standard InChI is InChI=1S/C13H9F3N2O/c1-7-2-3-8(6-9(7)14)13(19)17-10-4-5-11(15)18-12(10)16/h2-6H,1H3,(H,17,19). The molecule has 0 aliphatic rings. The number of carbonyl (C=O) groups is 1. The summed E-state index contributed by atoms with van der Waals surface area (Å²) in [6.45, 7) is 1.56. The number of rotatable bonds is 2. The summed E-state index contributed by atoms with van der Waals surface area (Å²) in [5.41, 5.74) is 0.158. The number of aromatic nitrogens is 1. The van der Waals surface area contributed by atoms with Crippen LogP contribution in [0.2, 0.25) is 0 Å². The van der Waals surface area contributed by atoms with Gasteiger partial charge in [-0.2, -0.15) is 13.8 Å². The Morgan fingerprint density at radius 2 is 1.89 bits per heavy atom. The molecule has 0 atom stereocenters. The average molecular weight is 266 g/mol. The van der Waals surface area contributed by atoms with Gasteiger partial charge in [0.1, 0.15) is 5.82 Å². The lowest BCUT2D eigenvalue weighted by Gasteiger charge is -2.06. The van der Waals surface area contributed by atoms with E-state index in [0.717, 1.165) is 18.2 Å². The molecule has 0 bridgehead atoms. The molecule has 0 aliphatic heterocycles. The predicted octanol–water partition coefficient (Wildman–Crippen LogP) is 3.06. The van der Waals surface area contributed by atoms with Gasteiger partial charge in [0.25, 0.3) is 5.91 Å². The van der Waals surface area contributed by atoms with Crippen LogP contribution in [0.3, 0.4) is 0 Å². The predicted molar refractivity (Wildman–Crippen MR) is 63.2 cm³/mol. The number of amides is 1. The molecule has 0 unspecified atom stereocenters. The third-order valence-corrected chi connectivity index (χ3v) is 2.50. The SMILES string of the molecule is Cc1ccc(C(=O)Nc2ccc(F)nc2F)cc1F. The second-order valence-electron chi connectivity index (χ2n) is 3.89. The Hall–Kier alpha value is -2.37. The molecule has 1 N–H and O–H groups in total. The molecule has 0 fully saturated rings. The van der Waals surface area contributed by atoms with Crippen LogP contribution in [-0.4, -0.2) is 10.9 Å². The Morgan fingerprint density at radius 1 is 1.16 bits per heavy atom. The Labute approximate surface area is 107 Å². The molecule has 1 aromatic carbocycles. The molecule has 0 aliphatic carbocycles. The van der Waals surface area contributed by atoms with Crippen LogP contribution in [-0.2, 0) is 0 Å². The molecular weight excluding hydrogens is 257 g/mol. The van der Waals surface area contributed by atoms with Crippen molar-refractivity contribution >= 4 is 11.6 Å². The van der Waals surface area contributed by atoms with Gasteiger partial charge in [0.15, 0.2) is 0 Å². The number of halogens is 3. The highest BCUT2D eigenvalue weighted by atomic mass is 19.1. The zero-order valence-electron chi connectivity index (χ0n) is 9.88. The van der Waals surface area contributed by atoms with Gasteiger partial charge in [0, 0.05) is 5.56 Å². The van der Waals surface area contributed by atoms with Crippen LogP contribution in [0.1, 0.15) is 15.9 Å². The van der Waals surface area contributed by atoms with E-state index in [2.05, 4.69) is 10.3 Å². The maximum Gasteiger partial charge on any atom is 0.255 e. The van der Waals surface area contributed by atoms with Crippen molar-refractivity contribution in [3.63, 3.8) is 0 Å². The van der Waals surface area contributed by atoms with Gasteiger partial charge < -0.3 is 5.32 Å². The monoisotopic (exact) mass is 266 g/mol. The van der Waals surface area contributed by atoms with E-state index < -0.39 is 23.6 Å². The molecule has 98 valence electrons. The highest BCUT2D eigenvalue weighted by molar-refractivity contribution is 6.04. The van der Waals surface area contributed by atoms with Crippen LogP contribution < -0.4 is 5.32 Å². The van der Waals surface area contributed by atoms with Crippen molar-refractivity contribution in [3.05, 3.63) is 59.2 Å². The molecule has 3 nitrogen and oxygen atoms in total. The second-order valence-corrected chi connectivity index (χ2v) is 3.89. The summed E-state index contributed by atoms with van der Waals surface area (Å²) >= 11 is 0. The van der Waals surface area contributed by atoms with E-state index in [0.29, 0.717) is 5.56 Å². The topological polar surface area (TPSA) is 42.0 Å². The molecule has 0 saturated heterocycles. The molecule has 6 heteroatoms. The number of pyridine rings is 1. The molecule has 0 spiro atoms. The van der Waals surface area contributed by atoms with Crippen LogP contribution in [0.4, 0.5) is 18.9 Å². The first-order valence-electron chi connectivity index (χ1n) is 5.37. The number of hydrogen-bond donors (Lipinski definition) is 1. The van der Waals surface area contributed by atoms with E-state index in [9.17, 15) is 18.0 Å². The molecule has 1 heterocycles. The molecule has 1 amide bonds. The maximum atomic E-state index is 13.3. The largest absolute Gasteiger partial charge is 0.318 e. The zero-order valence-corrected chi connectivity index (χ0v) is 9.88. The van der Waals surface area contributed by atoms with Gasteiger partial charge in [0.2, 0.25) is 11.9 Å². The third kappa shape index (κ3) is 2.90. The normalized spacial score (nSPS) is 10.3. The molecule has 0 radical (unpaired) electrons. The van der Waals surface area contributed by atoms with Crippen LogP contribution in [0, 0.1) is 24.6 Å². The maximum absolute atomic E-state index is 13.3. The first kappa shape index (κ1) is 13.1. The second kappa shape index (κ2) is 5.09. The van der Waals surface area contributed by atoms with Crippen molar-refractivity contribution in [2.24, 2.45) is 0 Å². The van der Waals surface area contributed by atoms with Crippen LogP contribution in [0.5, 0.6) is 0 Å². The van der Waals surface area contributed by atoms with E-state index in [1.165, 1.54) is 12.1 Å². The Balaban J connectivity index is 2.23. The van der Waals surface area contributed by atoms with Gasteiger partial charge in [-0.3, -0.25) is 4.79 Å². The van der Waals surface area contributed by atoms with E-state index in [1.54, 1.807) is 6.92 Å². The van der Waals surface area contributed by atoms with E-state index in [-0.39, 0.29) is 11.3 Å². The summed E-state index contributed by atoms with van der Waals surface area (Å²) < 4.78 is 39.1. The van der Waals surface area contributed by atoms with Gasteiger partial charge in [0.05, 0.1) is 5.69 Å². The van der Waals surface area contributed by atoms with Crippen molar-refractivity contribution in [1.82, 2.24) is 4.98 Å². The number of anilines is 1. The Morgan fingerprint density at radius 3 is 2.53 bits per heavy atom. The molecule has 2 rings (SSSR count). The highest BCUT2D eigenvalue weighted by Crippen LogP contribution is 2.15. The summed E-state index contributed by atoms with van der Waals surface area (Å²) in [5, 5.41) is 2.19. The summed E-state index contributed by atoms with van der Waals surface area (Å²) in [7, 11) is 0. The lowest BCUT2D eigenvalue weighted by molar-refractivity contribution is 0.102. The molecule has 0 saturated carbocycles. The quantitative estimate of drug-likeness (QED) is 0.849. The van der Waals surface area contributed by atoms with E-state index >= 15 is 0 Å². The van der Waals surface area contributed by atoms with Crippen molar-refractivity contribution in [2.45, 2.75) is 6.92 Å². The van der Waals surface area contributed by atoms with Gasteiger partial charge in [-0.15, -0.1) is 0 Å². The van der Waals surface area contributed by atoms with Gasteiger partial charge in [-0.25, -0.2) is 4.39 Å². The van der Waals surface area contributed by atoms with Crippen molar-refractivity contribution in [1.29, 1.82) is 0 Å². The van der Waals surface area contributed by atoms with Crippen molar-refractivity contribution in [3.8, 4) is 0 Å². The smallest absolute Gasteiger partial charge is 0.255 e. The fraction of sp³-hybridized carbons (Fsp3) is 0.0769. The lowest BCUT2D eigenvalue weighted by Crippen LogP contribution is -2.14. The van der Waals surface area contributed by atoms with Crippen LogP contribution in [0.15, 0.2) is 30.3 Å². The zero-order chi connectivity index (χ0) is 14.0. The average Bonchev–Trinajstić information content (AvgIpc) is 2.36. The summed E-state index contributed by atoms with van der Waals surface area (Å²) in [5.74, 6) is -3.37. The highest BCUT2D eigenvalue weighted by Gasteiger charge is 2.12. The minimum Gasteiger partial charge on any atom is -0.318 e. The number of benzene rings is 1. The van der Waals surface area contributed by atoms with Crippen molar-refractivity contribution in [2.75, 3.05) is 5.32 Å². The number of nitrogens with one attached hydrogen (secondary N) is 1. The van der Waals surface area contributed by atoms with Crippen LogP contribution >= 0.6 is 0 Å². The Bertz CT molecular complexity index is 644. The van der Waals surface area contributed by atoms with Crippen molar-refractivity contribution < 1.29 is 18.0 Å². The first-order valence-corrected chi connectivity index (χ1v) is 5.37. The first-order chi connectivity index (χ1) is 8.97. The van der Waals surface area contributed by atoms with Crippen LogP contribution in [0.25, 0.3) is 0 Å². The summed E-state index contributed by atoms with van der Waals surface area (Å²) in [6, 6.07) is 5.83. The lowest BCUT2D eigenvalue weighted by atomic mass is 10.1.